The van der Waals surface area contributed by atoms with Gasteiger partial charge in [0.05, 0.1) is 10.7 Å². The first kappa shape index (κ1) is 13.3. The molecular formula is C12H20ClN3. The molecule has 0 saturated heterocycles. The molecular weight excluding hydrogens is 222 g/mol. The van der Waals surface area contributed by atoms with E-state index in [4.69, 9.17) is 11.6 Å². The Kier molecular flexibility index (Phi) is 5.56. The molecule has 4 heteroatoms. The molecule has 90 valence electrons. The minimum atomic E-state index is 0.520. The molecule has 1 aromatic heterocycles. The Morgan fingerprint density at radius 3 is 2.81 bits per heavy atom. The van der Waals surface area contributed by atoms with Gasteiger partial charge < -0.3 is 10.2 Å². The number of halogens is 1. The van der Waals surface area contributed by atoms with Crippen LogP contribution in [-0.4, -0.2) is 30.7 Å². The van der Waals surface area contributed by atoms with Crippen molar-refractivity contribution >= 4 is 17.3 Å². The second kappa shape index (κ2) is 6.71. The summed E-state index contributed by atoms with van der Waals surface area (Å²) in [6.07, 6.45) is 3.47. The fourth-order valence-electron chi connectivity index (χ4n) is 1.56. The van der Waals surface area contributed by atoms with Crippen LogP contribution in [-0.2, 0) is 0 Å². The fraction of sp³-hybridized carbons (Fsp3) is 0.583. The monoisotopic (exact) mass is 241 g/mol. The highest BCUT2D eigenvalue weighted by molar-refractivity contribution is 6.33. The highest BCUT2D eigenvalue weighted by atomic mass is 35.5. The first-order valence-corrected chi connectivity index (χ1v) is 6.10. The molecule has 0 aliphatic heterocycles. The third-order valence-corrected chi connectivity index (χ3v) is 2.70. The molecule has 0 atom stereocenters. The smallest absolute Gasteiger partial charge is 0.0822 e. The Morgan fingerprint density at radius 2 is 2.25 bits per heavy atom. The summed E-state index contributed by atoms with van der Waals surface area (Å²) in [5.41, 5.74) is 1.06. The van der Waals surface area contributed by atoms with Crippen molar-refractivity contribution in [3.8, 4) is 0 Å². The van der Waals surface area contributed by atoms with E-state index in [1.54, 1.807) is 12.4 Å². The van der Waals surface area contributed by atoms with Crippen molar-refractivity contribution < 1.29 is 0 Å². The predicted molar refractivity (Wildman–Crippen MR) is 70.3 cm³/mol. The van der Waals surface area contributed by atoms with Crippen LogP contribution in [0.15, 0.2) is 18.5 Å². The molecule has 1 N–H and O–H groups in total. The summed E-state index contributed by atoms with van der Waals surface area (Å²) in [7, 11) is 0. The second-order valence-electron chi connectivity index (χ2n) is 4.02. The molecule has 3 nitrogen and oxygen atoms in total. The van der Waals surface area contributed by atoms with Crippen LogP contribution in [0.2, 0.25) is 5.02 Å². The van der Waals surface area contributed by atoms with Gasteiger partial charge in [-0.3, -0.25) is 4.98 Å². The lowest BCUT2D eigenvalue weighted by molar-refractivity contribution is 0.583. The Labute approximate surface area is 103 Å². The minimum Gasteiger partial charge on any atom is -0.369 e. The van der Waals surface area contributed by atoms with Gasteiger partial charge in [0.1, 0.15) is 0 Å². The van der Waals surface area contributed by atoms with Crippen LogP contribution < -0.4 is 10.2 Å². The van der Waals surface area contributed by atoms with Crippen molar-refractivity contribution in [2.24, 2.45) is 0 Å². The van der Waals surface area contributed by atoms with Crippen molar-refractivity contribution in [3.63, 3.8) is 0 Å². The van der Waals surface area contributed by atoms with E-state index in [1.165, 1.54) is 0 Å². The fourth-order valence-corrected chi connectivity index (χ4v) is 1.80. The quantitative estimate of drug-likeness (QED) is 0.830. The van der Waals surface area contributed by atoms with E-state index in [1.807, 2.05) is 6.07 Å². The third-order valence-electron chi connectivity index (χ3n) is 2.41. The number of aromatic nitrogens is 1. The maximum absolute atomic E-state index is 6.11. The third kappa shape index (κ3) is 3.99. The summed E-state index contributed by atoms with van der Waals surface area (Å²) in [6.45, 7) is 9.30. The molecule has 0 spiro atoms. The Bertz CT molecular complexity index is 315. The topological polar surface area (TPSA) is 28.2 Å². The van der Waals surface area contributed by atoms with Crippen LogP contribution in [0.1, 0.15) is 20.8 Å². The van der Waals surface area contributed by atoms with Crippen LogP contribution in [0.3, 0.4) is 0 Å². The van der Waals surface area contributed by atoms with Gasteiger partial charge in [0, 0.05) is 38.1 Å². The van der Waals surface area contributed by atoms with Gasteiger partial charge >= 0.3 is 0 Å². The van der Waals surface area contributed by atoms with Crippen LogP contribution >= 0.6 is 11.6 Å². The predicted octanol–water partition coefficient (Wildman–Crippen LogP) is 2.56. The Morgan fingerprint density at radius 1 is 1.50 bits per heavy atom. The van der Waals surface area contributed by atoms with Crippen molar-refractivity contribution in [3.05, 3.63) is 23.5 Å². The molecule has 1 aromatic rings. The van der Waals surface area contributed by atoms with Crippen molar-refractivity contribution in [1.82, 2.24) is 10.3 Å². The zero-order valence-electron chi connectivity index (χ0n) is 10.2. The Balaban J connectivity index is 2.57. The molecule has 0 bridgehead atoms. The van der Waals surface area contributed by atoms with Gasteiger partial charge in [0.25, 0.3) is 0 Å². The molecule has 0 radical (unpaired) electrons. The van der Waals surface area contributed by atoms with Gasteiger partial charge in [-0.25, -0.2) is 0 Å². The van der Waals surface area contributed by atoms with Crippen molar-refractivity contribution in [2.75, 3.05) is 24.5 Å². The van der Waals surface area contributed by atoms with Gasteiger partial charge in [-0.15, -0.1) is 0 Å². The molecule has 0 aliphatic carbocycles. The molecule has 0 unspecified atom stereocenters. The molecule has 0 aromatic carbocycles. The summed E-state index contributed by atoms with van der Waals surface area (Å²) in [5.74, 6) is 0. The zero-order valence-corrected chi connectivity index (χ0v) is 11.0. The Hall–Kier alpha value is -0.800. The lowest BCUT2D eigenvalue weighted by Gasteiger charge is -2.24. The van der Waals surface area contributed by atoms with Crippen LogP contribution in [0.25, 0.3) is 0 Å². The lowest BCUT2D eigenvalue weighted by atomic mass is 10.3. The van der Waals surface area contributed by atoms with Crippen LogP contribution in [0, 0.1) is 0 Å². The lowest BCUT2D eigenvalue weighted by Crippen LogP contribution is -2.35. The van der Waals surface area contributed by atoms with E-state index in [0.29, 0.717) is 11.1 Å². The first-order valence-electron chi connectivity index (χ1n) is 5.73. The molecule has 0 saturated carbocycles. The number of hydrogen-bond acceptors (Lipinski definition) is 3. The number of nitrogens with one attached hydrogen (secondary N) is 1. The average Bonchev–Trinajstić information content (AvgIpc) is 2.25. The first-order chi connectivity index (χ1) is 7.65. The molecule has 0 amide bonds. The van der Waals surface area contributed by atoms with Gasteiger partial charge in [-0.05, 0) is 13.0 Å². The van der Waals surface area contributed by atoms with E-state index < -0.39 is 0 Å². The van der Waals surface area contributed by atoms with E-state index in [-0.39, 0.29) is 0 Å². The highest BCUT2D eigenvalue weighted by Gasteiger charge is 2.07. The van der Waals surface area contributed by atoms with Gasteiger partial charge in [-0.1, -0.05) is 25.4 Å². The van der Waals surface area contributed by atoms with E-state index in [2.05, 4.69) is 36.0 Å². The zero-order chi connectivity index (χ0) is 12.0. The van der Waals surface area contributed by atoms with Crippen molar-refractivity contribution in [1.29, 1.82) is 0 Å². The van der Waals surface area contributed by atoms with Gasteiger partial charge in [0.15, 0.2) is 0 Å². The number of hydrogen-bond donors (Lipinski definition) is 1. The van der Waals surface area contributed by atoms with E-state index >= 15 is 0 Å². The number of likely N-dealkylation sites (N-methyl/N-ethyl adjacent to an activating group) is 1. The number of pyridine rings is 1. The maximum Gasteiger partial charge on any atom is 0.0822 e. The summed E-state index contributed by atoms with van der Waals surface area (Å²) >= 11 is 6.11. The molecule has 0 aliphatic rings. The maximum atomic E-state index is 6.11. The second-order valence-corrected chi connectivity index (χ2v) is 4.42. The van der Waals surface area contributed by atoms with Crippen LogP contribution in [0.4, 0.5) is 5.69 Å². The number of rotatable bonds is 6. The van der Waals surface area contributed by atoms with Gasteiger partial charge in [0.2, 0.25) is 0 Å². The highest BCUT2D eigenvalue weighted by Crippen LogP contribution is 2.23. The normalized spacial score (nSPS) is 10.8. The van der Waals surface area contributed by atoms with E-state index in [0.717, 1.165) is 25.3 Å². The standard InChI is InChI=1S/C12H20ClN3/c1-4-16(8-7-15-10(2)3)12-5-6-14-9-11(12)13/h5-6,9-10,15H,4,7-8H2,1-3H3. The average molecular weight is 242 g/mol. The molecule has 1 heterocycles. The summed E-state index contributed by atoms with van der Waals surface area (Å²) in [6, 6.07) is 2.48. The largest absolute Gasteiger partial charge is 0.369 e. The number of nitrogens with zero attached hydrogens (tertiary/aromatic N) is 2. The summed E-state index contributed by atoms with van der Waals surface area (Å²) in [4.78, 5) is 6.25. The van der Waals surface area contributed by atoms with Crippen molar-refractivity contribution in [2.45, 2.75) is 26.8 Å². The summed E-state index contributed by atoms with van der Waals surface area (Å²) < 4.78 is 0. The summed E-state index contributed by atoms with van der Waals surface area (Å²) in [5, 5.41) is 4.12. The van der Waals surface area contributed by atoms with Gasteiger partial charge in [-0.2, -0.15) is 0 Å². The van der Waals surface area contributed by atoms with Crippen LogP contribution in [0.5, 0.6) is 0 Å². The molecule has 16 heavy (non-hydrogen) atoms. The SMILES string of the molecule is CCN(CCNC(C)C)c1ccncc1Cl. The minimum absolute atomic E-state index is 0.520. The van der Waals surface area contributed by atoms with E-state index in [9.17, 15) is 0 Å². The molecule has 1 rings (SSSR count). The number of anilines is 1. The molecule has 0 fully saturated rings.